The molecule has 1 amide bonds. The second kappa shape index (κ2) is 21.3. The first-order chi connectivity index (χ1) is 34.8. The molecule has 18 heteroatoms. The summed E-state index contributed by atoms with van der Waals surface area (Å²) in [6.07, 6.45) is 16.4. The molecule has 16 nitrogen and oxygen atoms in total. The van der Waals surface area contributed by atoms with Crippen molar-refractivity contribution in [1.29, 1.82) is 0 Å². The van der Waals surface area contributed by atoms with E-state index in [-0.39, 0.29) is 63.4 Å². The predicted octanol–water partition coefficient (Wildman–Crippen LogP) is 8.99. The Bertz CT molecular complexity index is 3190. The summed E-state index contributed by atoms with van der Waals surface area (Å²) in [5.74, 6) is -2.17. The third-order valence-electron chi connectivity index (χ3n) is 13.9. The fourth-order valence-electron chi connectivity index (χ4n) is 10.3. The summed E-state index contributed by atoms with van der Waals surface area (Å²) in [5.41, 5.74) is 5.80. The van der Waals surface area contributed by atoms with Gasteiger partial charge in [-0.25, -0.2) is 18.0 Å². The fourth-order valence-corrected chi connectivity index (χ4v) is 11.2. The van der Waals surface area contributed by atoms with Gasteiger partial charge >= 0.3 is 11.9 Å². The van der Waals surface area contributed by atoms with E-state index in [0.717, 1.165) is 52.2 Å². The molecule has 3 aliphatic heterocycles. The van der Waals surface area contributed by atoms with Crippen molar-refractivity contribution in [2.75, 3.05) is 29.4 Å². The quantitative estimate of drug-likeness (QED) is 0.0171. The minimum atomic E-state index is -4.71. The number of nitrogens with zero attached hydrogens (tertiary/aromatic N) is 2. The number of rotatable bonds is 19. The summed E-state index contributed by atoms with van der Waals surface area (Å²) in [6.45, 7) is 11.9. The molecule has 0 saturated carbocycles. The van der Waals surface area contributed by atoms with Gasteiger partial charge in [-0.15, -0.1) is 0 Å². The zero-order valence-electron chi connectivity index (χ0n) is 40.8. The number of aromatic hydroxyl groups is 1. The van der Waals surface area contributed by atoms with Crippen LogP contribution in [-0.4, -0.2) is 71.8 Å². The smallest absolute Gasteiger partial charge is 0.336 e. The zero-order valence-corrected chi connectivity index (χ0v) is 42.5. The molecule has 0 aromatic heterocycles. The molecule has 4 N–H and O–H groups in total. The predicted molar refractivity (Wildman–Crippen MR) is 273 cm³/mol. The number of hydrogen-bond acceptors (Lipinski definition) is 14. The lowest BCUT2D eigenvalue weighted by Crippen LogP contribution is -2.39. The Kier molecular flexibility index (Phi) is 15.3. The normalized spacial score (nSPS) is 18.1. The van der Waals surface area contributed by atoms with Crippen molar-refractivity contribution in [3.63, 3.8) is 0 Å². The lowest BCUT2D eigenvalue weighted by Gasteiger charge is -2.31. The minimum absolute atomic E-state index is 0.0228. The van der Waals surface area contributed by atoms with Crippen LogP contribution in [0, 0.1) is 0 Å². The molecule has 0 spiro atoms. The average Bonchev–Trinajstić information content (AvgIpc) is 3.70. The summed E-state index contributed by atoms with van der Waals surface area (Å²) in [7, 11) is -4.71. The monoisotopic (exact) mass is 1030 g/mol. The highest BCUT2D eigenvalue weighted by molar-refractivity contribution is 7.94. The molecule has 73 heavy (non-hydrogen) atoms. The Labute approximate surface area is 428 Å². The number of hydrogen-bond donors (Lipinski definition) is 4. The zero-order chi connectivity index (χ0) is 52.4. The summed E-state index contributed by atoms with van der Waals surface area (Å²) in [6, 6.07) is 18.8. The van der Waals surface area contributed by atoms with Crippen LogP contribution in [0.1, 0.15) is 110 Å². The van der Waals surface area contributed by atoms with Gasteiger partial charge in [0.05, 0.1) is 34.1 Å². The summed E-state index contributed by atoms with van der Waals surface area (Å²) >= 11 is 0.860. The van der Waals surface area contributed by atoms with Gasteiger partial charge in [0, 0.05) is 81.6 Å². The van der Waals surface area contributed by atoms with E-state index in [9.17, 15) is 47.9 Å². The van der Waals surface area contributed by atoms with E-state index < -0.39 is 27.5 Å². The number of benzene rings is 4. The number of ether oxygens (including phenoxy) is 1. The average molecular weight is 1030 g/mol. The summed E-state index contributed by atoms with van der Waals surface area (Å²) < 4.78 is 47.3. The molecule has 0 bridgehead atoms. The highest BCUT2D eigenvalue weighted by Crippen LogP contribution is 2.50. The van der Waals surface area contributed by atoms with Crippen LogP contribution < -0.4 is 25.1 Å². The van der Waals surface area contributed by atoms with E-state index in [1.165, 1.54) is 36.4 Å². The van der Waals surface area contributed by atoms with Crippen molar-refractivity contribution in [2.24, 2.45) is 0 Å². The number of amides is 1. The standard InChI is InChI=1S/C55H57N3O13S2/c1-6-57-44-25-21-36(72-71-70-65)30-42(44)54(2,3)47(57)16-9-7-10-17-48-55(4,5)43-31-37(73(66,67)68)22-26-45(43)58(48)27-12-8-11-18-49(60)56-32-34-14-13-15-40-50(39-24-20-35(59)29-46(39)69-51(34)40)38-23-19-33(52(61)62)28-41(38)53(63)64/h7,9-10,13,15-17,19-26,28-31,47,59,65H,6,8,11-12,14,18,27,32H2,1-5H3,(H,56,60)(H,61,62)(H,63,64)(H,66,67,68)/p-2/b10-7+,16-9+,48-17+. The number of allylic oxidation sites excluding steroid dienone is 7. The molecule has 382 valence electrons. The number of carboxylic acid groups (broad SMARTS) is 2. The SMILES string of the molecule is CCN1c2ccc(SOO[O-])cc2C(C)(C)C1/C=C/C=C/C=C1/N(CCCCCC(=O)NCC2=C3Oc4cc(O)ccc4C(c4ccc(C(=O)O)cc4C(=O)O)=C3C=CC2)c2ccc(S(=O)(=O)[O-])cc2C1(C)C. The number of carbonyl (C=O) groups is 3. The molecule has 4 aliphatic rings. The Morgan fingerprint density at radius 3 is 2.40 bits per heavy atom. The van der Waals surface area contributed by atoms with Crippen LogP contribution in [0.3, 0.4) is 0 Å². The second-order valence-corrected chi connectivity index (χ2v) is 21.3. The van der Waals surface area contributed by atoms with Crippen molar-refractivity contribution < 1.29 is 62.0 Å². The maximum Gasteiger partial charge on any atom is 0.336 e. The van der Waals surface area contributed by atoms with Gasteiger partial charge in [0.25, 0.3) is 0 Å². The summed E-state index contributed by atoms with van der Waals surface area (Å²) in [5, 5.41) is 47.2. The highest BCUT2D eigenvalue weighted by atomic mass is 32.2. The second-order valence-electron chi connectivity index (χ2n) is 19.2. The van der Waals surface area contributed by atoms with E-state index in [1.807, 2.05) is 68.5 Å². The number of carbonyl (C=O) groups excluding carboxylic acids is 1. The lowest BCUT2D eigenvalue weighted by molar-refractivity contribution is -0.777. The van der Waals surface area contributed by atoms with Gasteiger partial charge in [0.15, 0.2) is 0 Å². The molecule has 1 aliphatic carbocycles. The first-order valence-corrected chi connectivity index (χ1v) is 25.9. The molecule has 3 heterocycles. The van der Waals surface area contributed by atoms with Crippen molar-refractivity contribution in [3.05, 3.63) is 171 Å². The van der Waals surface area contributed by atoms with Gasteiger partial charge in [0.2, 0.25) is 5.91 Å². The van der Waals surface area contributed by atoms with Gasteiger partial charge in [-0.2, -0.15) is 4.33 Å². The largest absolute Gasteiger partial charge is 0.744 e. The Hall–Kier alpha value is -6.93. The van der Waals surface area contributed by atoms with Crippen molar-refractivity contribution in [1.82, 2.24) is 5.32 Å². The molecule has 0 fully saturated rings. The number of unbranched alkanes of at least 4 members (excludes halogenated alkanes) is 2. The maximum atomic E-state index is 13.4. The van der Waals surface area contributed by atoms with E-state index in [1.54, 1.807) is 12.1 Å². The fraction of sp³-hybridized carbons (Fsp3) is 0.291. The first kappa shape index (κ1) is 52.4. The van der Waals surface area contributed by atoms with E-state index in [0.29, 0.717) is 65.8 Å². The van der Waals surface area contributed by atoms with Crippen molar-refractivity contribution in [2.45, 2.75) is 93.4 Å². The van der Waals surface area contributed by atoms with Crippen LogP contribution in [0.25, 0.3) is 5.57 Å². The minimum Gasteiger partial charge on any atom is -0.744 e. The number of anilines is 2. The molecule has 0 saturated heterocycles. The Morgan fingerprint density at radius 1 is 0.904 bits per heavy atom. The number of nitrogens with one attached hydrogen (secondary N) is 1. The van der Waals surface area contributed by atoms with E-state index in [4.69, 9.17) is 4.74 Å². The topological polar surface area (TPSA) is 238 Å². The third-order valence-corrected chi connectivity index (χ3v) is 15.3. The molecule has 0 radical (unpaired) electrons. The Balaban J connectivity index is 0.946. The van der Waals surface area contributed by atoms with E-state index >= 15 is 0 Å². The highest BCUT2D eigenvalue weighted by Gasteiger charge is 2.43. The van der Waals surface area contributed by atoms with Gasteiger partial charge in [0.1, 0.15) is 27.4 Å². The number of fused-ring (bicyclic) bond motifs is 4. The molecule has 4 aromatic carbocycles. The molecule has 8 rings (SSSR count). The van der Waals surface area contributed by atoms with Gasteiger partial charge in [-0.05, 0) is 115 Å². The van der Waals surface area contributed by atoms with Gasteiger partial charge in [-0.3, -0.25) is 9.83 Å². The van der Waals surface area contributed by atoms with Crippen LogP contribution in [0.5, 0.6) is 11.5 Å². The number of phenolic OH excluding ortho intramolecular Hbond substituents is 1. The molecule has 1 atom stereocenters. The number of phenols is 1. The molecular weight excluding hydrogens is 975 g/mol. The molecular formula is C55H55N3O13S2-2. The summed E-state index contributed by atoms with van der Waals surface area (Å²) in [4.78, 5) is 42.5. The van der Waals surface area contributed by atoms with Crippen LogP contribution in [0.15, 0.2) is 148 Å². The van der Waals surface area contributed by atoms with Crippen LogP contribution in [0.4, 0.5) is 11.4 Å². The van der Waals surface area contributed by atoms with Crippen LogP contribution >= 0.6 is 12.0 Å². The molecule has 4 aromatic rings. The van der Waals surface area contributed by atoms with Crippen molar-refractivity contribution >= 4 is 57.0 Å². The number of aromatic carboxylic acids is 2. The van der Waals surface area contributed by atoms with Crippen LogP contribution in [-0.2, 0) is 35.1 Å². The first-order valence-electron chi connectivity index (χ1n) is 23.8. The third kappa shape index (κ3) is 10.6. The lowest BCUT2D eigenvalue weighted by atomic mass is 9.80. The number of likely N-dealkylation sites (N-methyl/N-ethyl adjacent to an activating group) is 1. The van der Waals surface area contributed by atoms with E-state index in [2.05, 4.69) is 51.3 Å². The Morgan fingerprint density at radius 2 is 1.67 bits per heavy atom. The van der Waals surface area contributed by atoms with Gasteiger partial charge in [-0.1, -0.05) is 76.6 Å². The van der Waals surface area contributed by atoms with Crippen molar-refractivity contribution in [3.8, 4) is 11.5 Å². The maximum absolute atomic E-state index is 13.4. The number of carboxylic acids is 2. The molecule has 1 unspecified atom stereocenters. The van der Waals surface area contributed by atoms with Gasteiger partial charge < -0.3 is 45.0 Å². The van der Waals surface area contributed by atoms with Crippen LogP contribution in [0.2, 0.25) is 0 Å².